The molecule has 3 aromatic carbocycles. The van der Waals surface area contributed by atoms with Gasteiger partial charge in [-0.2, -0.15) is 0 Å². The first-order valence-corrected chi connectivity index (χ1v) is 14.4. The van der Waals surface area contributed by atoms with Crippen LogP contribution in [0.5, 0.6) is 0 Å². The molecule has 2 N–H and O–H groups in total. The first-order valence-electron chi connectivity index (χ1n) is 12.1. The minimum atomic E-state index is -4.03. The molecule has 0 atom stereocenters. The lowest BCUT2D eigenvalue weighted by Crippen LogP contribution is -2.16. The monoisotopic (exact) mass is 559 g/mol. The van der Waals surface area contributed by atoms with Crippen molar-refractivity contribution in [3.05, 3.63) is 100 Å². The molecule has 0 saturated carbocycles. The number of sulfonamides is 1. The van der Waals surface area contributed by atoms with Crippen LogP contribution in [-0.4, -0.2) is 23.4 Å². The van der Waals surface area contributed by atoms with Crippen molar-refractivity contribution in [1.29, 1.82) is 0 Å². The number of anilines is 3. The maximum Gasteiger partial charge on any atom is 0.262 e. The van der Waals surface area contributed by atoms with Crippen molar-refractivity contribution in [3.63, 3.8) is 0 Å². The van der Waals surface area contributed by atoms with Crippen LogP contribution in [0.2, 0.25) is 0 Å². The summed E-state index contributed by atoms with van der Waals surface area (Å²) in [5, 5.41) is 4.00. The number of nitrogens with one attached hydrogen (secondary N) is 2. The summed E-state index contributed by atoms with van der Waals surface area (Å²) in [5.74, 6) is -0.261. The molecule has 2 aromatic heterocycles. The minimum Gasteiger partial charge on any atom is -0.324 e. The standard InChI is InChI=1S/C29H26FN5O2S2/c1-17-8-11-22(12-9-17)33-29-31-15-14-24(34-29)27-26(32-20(4)38-27)21-10-13-23(30)25(16-21)35-39(36,37)28-18(2)6-5-7-19(28)3/h5-16,35H,1-4H3,(H,31,33,34). The molecule has 0 radical (unpaired) electrons. The van der Waals surface area contributed by atoms with E-state index in [2.05, 4.69) is 25.0 Å². The Kier molecular flexibility index (Phi) is 7.16. The number of aryl methyl sites for hydroxylation is 4. The van der Waals surface area contributed by atoms with Crippen molar-refractivity contribution in [2.24, 2.45) is 0 Å². The molecule has 0 unspecified atom stereocenters. The second-order valence-electron chi connectivity index (χ2n) is 9.19. The fourth-order valence-electron chi connectivity index (χ4n) is 4.28. The van der Waals surface area contributed by atoms with Crippen LogP contribution in [0.15, 0.2) is 77.8 Å². The van der Waals surface area contributed by atoms with Gasteiger partial charge in [-0.25, -0.2) is 27.8 Å². The Morgan fingerprint density at radius 2 is 1.59 bits per heavy atom. The number of hydrogen-bond acceptors (Lipinski definition) is 7. The molecule has 7 nitrogen and oxygen atoms in total. The Labute approximate surface area is 230 Å². The predicted molar refractivity (Wildman–Crippen MR) is 154 cm³/mol. The van der Waals surface area contributed by atoms with Gasteiger partial charge in [0.15, 0.2) is 0 Å². The van der Waals surface area contributed by atoms with Crippen LogP contribution in [0.1, 0.15) is 21.7 Å². The van der Waals surface area contributed by atoms with E-state index in [0.717, 1.165) is 21.1 Å². The zero-order valence-electron chi connectivity index (χ0n) is 21.8. The molecule has 10 heteroatoms. The van der Waals surface area contributed by atoms with E-state index in [1.54, 1.807) is 50.4 Å². The van der Waals surface area contributed by atoms with Gasteiger partial charge in [0.2, 0.25) is 5.95 Å². The van der Waals surface area contributed by atoms with Crippen molar-refractivity contribution in [3.8, 4) is 21.8 Å². The van der Waals surface area contributed by atoms with Gasteiger partial charge in [0, 0.05) is 17.4 Å². The van der Waals surface area contributed by atoms with E-state index in [0.29, 0.717) is 34.0 Å². The summed E-state index contributed by atoms with van der Waals surface area (Å²) in [7, 11) is -4.03. The number of thiazole rings is 1. The molecule has 0 aliphatic carbocycles. The SMILES string of the molecule is Cc1ccc(Nc2nccc(-c3sc(C)nc3-c3ccc(F)c(NS(=O)(=O)c4c(C)cccc4C)c3)n2)cc1. The summed E-state index contributed by atoms with van der Waals surface area (Å²) in [6, 6.07) is 19.2. The normalized spacial score (nSPS) is 11.4. The first kappa shape index (κ1) is 26.5. The molecule has 39 heavy (non-hydrogen) atoms. The number of aromatic nitrogens is 3. The molecule has 5 aromatic rings. The summed E-state index contributed by atoms with van der Waals surface area (Å²) in [6.45, 7) is 7.31. The first-order chi connectivity index (χ1) is 18.6. The van der Waals surface area contributed by atoms with Crippen LogP contribution >= 0.6 is 11.3 Å². The Balaban J connectivity index is 1.50. The highest BCUT2D eigenvalue weighted by Gasteiger charge is 2.22. The highest BCUT2D eigenvalue weighted by atomic mass is 32.2. The van der Waals surface area contributed by atoms with E-state index in [1.165, 1.54) is 23.5 Å². The van der Waals surface area contributed by atoms with E-state index >= 15 is 0 Å². The second kappa shape index (κ2) is 10.5. The fourth-order valence-corrected chi connectivity index (χ4v) is 6.72. The van der Waals surface area contributed by atoms with Gasteiger partial charge < -0.3 is 5.32 Å². The number of nitrogens with zero attached hydrogens (tertiary/aromatic N) is 3. The quantitative estimate of drug-likeness (QED) is 0.219. The molecule has 2 heterocycles. The number of hydrogen-bond donors (Lipinski definition) is 2. The van der Waals surface area contributed by atoms with Gasteiger partial charge in [0.05, 0.1) is 31.9 Å². The summed E-state index contributed by atoms with van der Waals surface area (Å²) >= 11 is 1.44. The molecule has 0 spiro atoms. The molecular formula is C29H26FN5O2S2. The number of halogens is 1. The molecular weight excluding hydrogens is 533 g/mol. The van der Waals surface area contributed by atoms with Crippen molar-refractivity contribution < 1.29 is 12.8 Å². The molecule has 0 aliphatic heterocycles. The number of rotatable bonds is 7. The van der Waals surface area contributed by atoms with Gasteiger partial charge in [-0.1, -0.05) is 35.9 Å². The summed E-state index contributed by atoms with van der Waals surface area (Å²) < 4.78 is 43.8. The average Bonchev–Trinajstić information content (AvgIpc) is 3.28. The predicted octanol–water partition coefficient (Wildman–Crippen LogP) is 7.18. The lowest BCUT2D eigenvalue weighted by Gasteiger charge is -2.14. The van der Waals surface area contributed by atoms with E-state index < -0.39 is 15.8 Å². The highest BCUT2D eigenvalue weighted by Crippen LogP contribution is 2.38. The average molecular weight is 560 g/mol. The van der Waals surface area contributed by atoms with Gasteiger partial charge >= 0.3 is 0 Å². The van der Waals surface area contributed by atoms with Gasteiger partial charge in [0.1, 0.15) is 5.82 Å². The summed E-state index contributed by atoms with van der Waals surface area (Å²) in [6.07, 6.45) is 1.66. The second-order valence-corrected chi connectivity index (χ2v) is 12.0. The van der Waals surface area contributed by atoms with Gasteiger partial charge in [-0.3, -0.25) is 4.72 Å². The molecule has 0 saturated heterocycles. The maximum atomic E-state index is 14.9. The molecule has 0 fully saturated rings. The van der Waals surface area contributed by atoms with Crippen LogP contribution < -0.4 is 10.0 Å². The zero-order chi connectivity index (χ0) is 27.7. The fraction of sp³-hybridized carbons (Fsp3) is 0.138. The van der Waals surface area contributed by atoms with Crippen molar-refractivity contribution in [1.82, 2.24) is 15.0 Å². The number of benzene rings is 3. The molecule has 0 aliphatic rings. The Bertz CT molecular complexity index is 1760. The van der Waals surface area contributed by atoms with Crippen molar-refractivity contribution >= 4 is 38.7 Å². The van der Waals surface area contributed by atoms with E-state index in [1.807, 2.05) is 38.1 Å². The summed E-state index contributed by atoms with van der Waals surface area (Å²) in [5.41, 5.74) is 4.78. The Morgan fingerprint density at radius 1 is 0.872 bits per heavy atom. The molecule has 0 bridgehead atoms. The smallest absolute Gasteiger partial charge is 0.262 e. The maximum absolute atomic E-state index is 14.9. The molecule has 198 valence electrons. The highest BCUT2D eigenvalue weighted by molar-refractivity contribution is 7.92. The van der Waals surface area contributed by atoms with Gasteiger partial charge in [-0.05, 0) is 75.2 Å². The van der Waals surface area contributed by atoms with E-state index in [4.69, 9.17) is 0 Å². The van der Waals surface area contributed by atoms with Crippen LogP contribution in [-0.2, 0) is 10.0 Å². The third kappa shape index (κ3) is 5.67. The van der Waals surface area contributed by atoms with E-state index in [9.17, 15) is 12.8 Å². The van der Waals surface area contributed by atoms with E-state index in [-0.39, 0.29) is 10.6 Å². The van der Waals surface area contributed by atoms with Gasteiger partial charge in [0.25, 0.3) is 10.0 Å². The zero-order valence-corrected chi connectivity index (χ0v) is 23.4. The van der Waals surface area contributed by atoms with Crippen LogP contribution in [0.3, 0.4) is 0 Å². The topological polar surface area (TPSA) is 96.9 Å². The summed E-state index contributed by atoms with van der Waals surface area (Å²) in [4.78, 5) is 14.6. The lowest BCUT2D eigenvalue weighted by molar-refractivity contribution is 0.597. The van der Waals surface area contributed by atoms with Crippen molar-refractivity contribution in [2.75, 3.05) is 10.0 Å². The minimum absolute atomic E-state index is 0.134. The molecule has 5 rings (SSSR count). The Hall–Kier alpha value is -4.15. The van der Waals surface area contributed by atoms with Crippen LogP contribution in [0.25, 0.3) is 21.8 Å². The molecule has 0 amide bonds. The third-order valence-electron chi connectivity index (χ3n) is 6.09. The van der Waals surface area contributed by atoms with Crippen molar-refractivity contribution in [2.45, 2.75) is 32.6 Å². The third-order valence-corrected chi connectivity index (χ3v) is 8.75. The lowest BCUT2D eigenvalue weighted by atomic mass is 10.1. The Morgan fingerprint density at radius 3 is 2.31 bits per heavy atom. The van der Waals surface area contributed by atoms with Crippen LogP contribution in [0, 0.1) is 33.5 Å². The largest absolute Gasteiger partial charge is 0.324 e. The van der Waals surface area contributed by atoms with Gasteiger partial charge in [-0.15, -0.1) is 11.3 Å². The van der Waals surface area contributed by atoms with Crippen LogP contribution in [0.4, 0.5) is 21.7 Å².